The molecule has 138 valence electrons. The van der Waals surface area contributed by atoms with Crippen LogP contribution in [-0.2, 0) is 4.79 Å². The van der Waals surface area contributed by atoms with E-state index >= 15 is 0 Å². The minimum atomic E-state index is -0.292. The third-order valence-electron chi connectivity index (χ3n) is 3.55. The van der Waals surface area contributed by atoms with Gasteiger partial charge in [-0.1, -0.05) is 0 Å². The quantitative estimate of drug-likeness (QED) is 0.680. The van der Waals surface area contributed by atoms with Crippen LogP contribution < -0.4 is 24.3 Å². The van der Waals surface area contributed by atoms with Gasteiger partial charge in [0.05, 0.1) is 38.6 Å². The van der Waals surface area contributed by atoms with Crippen LogP contribution in [0.5, 0.6) is 23.0 Å². The Kier molecular flexibility index (Phi) is 6.91. The molecule has 26 heavy (non-hydrogen) atoms. The van der Waals surface area contributed by atoms with E-state index < -0.39 is 0 Å². The second-order valence-electron chi connectivity index (χ2n) is 5.13. The second kappa shape index (κ2) is 9.15. The molecule has 2 aromatic rings. The lowest BCUT2D eigenvalue weighted by Crippen LogP contribution is -2.09. The van der Waals surface area contributed by atoms with Crippen molar-refractivity contribution in [2.24, 2.45) is 0 Å². The summed E-state index contributed by atoms with van der Waals surface area (Å²) < 4.78 is 21.7. The normalized spacial score (nSPS) is 10.5. The van der Waals surface area contributed by atoms with Crippen molar-refractivity contribution >= 4 is 33.6 Å². The van der Waals surface area contributed by atoms with Crippen LogP contribution >= 0.6 is 15.9 Å². The zero-order chi connectivity index (χ0) is 19.1. The summed E-state index contributed by atoms with van der Waals surface area (Å²) in [6, 6.07) is 8.77. The lowest BCUT2D eigenvalue weighted by molar-refractivity contribution is -0.111. The van der Waals surface area contributed by atoms with Gasteiger partial charge in [0, 0.05) is 12.1 Å². The van der Waals surface area contributed by atoms with Gasteiger partial charge in [-0.3, -0.25) is 4.79 Å². The van der Waals surface area contributed by atoms with E-state index in [1.807, 2.05) is 6.07 Å². The molecule has 0 aliphatic carbocycles. The minimum Gasteiger partial charge on any atom is -0.497 e. The third-order valence-corrected chi connectivity index (χ3v) is 4.14. The van der Waals surface area contributed by atoms with Gasteiger partial charge in [-0.05, 0) is 51.8 Å². The summed E-state index contributed by atoms with van der Waals surface area (Å²) in [6.07, 6.45) is 3.11. The van der Waals surface area contributed by atoms with E-state index in [9.17, 15) is 4.79 Å². The Morgan fingerprint density at radius 2 is 1.69 bits per heavy atom. The number of carbonyl (C=O) groups is 1. The number of ether oxygens (including phenoxy) is 4. The number of hydrogen-bond acceptors (Lipinski definition) is 5. The maximum absolute atomic E-state index is 12.2. The van der Waals surface area contributed by atoms with Gasteiger partial charge in [0.15, 0.2) is 11.5 Å². The van der Waals surface area contributed by atoms with Gasteiger partial charge >= 0.3 is 0 Å². The van der Waals surface area contributed by atoms with Gasteiger partial charge in [-0.25, -0.2) is 0 Å². The number of hydrogen-bond donors (Lipinski definition) is 1. The van der Waals surface area contributed by atoms with Crippen molar-refractivity contribution in [3.63, 3.8) is 0 Å². The first-order valence-corrected chi connectivity index (χ1v) is 8.44. The van der Waals surface area contributed by atoms with Crippen molar-refractivity contribution in [2.75, 3.05) is 33.8 Å². The molecule has 0 heterocycles. The lowest BCUT2D eigenvalue weighted by Gasteiger charge is -2.11. The zero-order valence-corrected chi connectivity index (χ0v) is 16.5. The summed E-state index contributed by atoms with van der Waals surface area (Å²) in [5.41, 5.74) is 1.34. The zero-order valence-electron chi connectivity index (χ0n) is 15.0. The smallest absolute Gasteiger partial charge is 0.248 e. The van der Waals surface area contributed by atoms with Gasteiger partial charge in [-0.15, -0.1) is 0 Å². The molecule has 0 aromatic heterocycles. The molecular weight excluding hydrogens is 402 g/mol. The highest BCUT2D eigenvalue weighted by atomic mass is 79.9. The molecule has 0 unspecified atom stereocenters. The molecular formula is C19H20BrNO5. The Labute approximate surface area is 160 Å². The minimum absolute atomic E-state index is 0.292. The molecule has 0 saturated heterocycles. The van der Waals surface area contributed by atoms with Crippen molar-refractivity contribution in [1.29, 1.82) is 0 Å². The molecule has 0 saturated carbocycles. The molecule has 1 amide bonds. The summed E-state index contributed by atoms with van der Waals surface area (Å²) in [7, 11) is 6.21. The Hall–Kier alpha value is -2.67. The SMILES string of the molecule is COc1ccc(NC(=O)C=Cc2cc(Br)c(OC)c(OC)c2)c(OC)c1. The fraction of sp³-hybridized carbons (Fsp3) is 0.211. The highest BCUT2D eigenvalue weighted by Gasteiger charge is 2.10. The van der Waals surface area contributed by atoms with Crippen molar-refractivity contribution in [3.8, 4) is 23.0 Å². The third kappa shape index (κ3) is 4.70. The van der Waals surface area contributed by atoms with Crippen LogP contribution in [0.3, 0.4) is 0 Å². The molecule has 0 fully saturated rings. The predicted molar refractivity (Wildman–Crippen MR) is 104 cm³/mol. The van der Waals surface area contributed by atoms with E-state index in [2.05, 4.69) is 21.2 Å². The van der Waals surface area contributed by atoms with Crippen molar-refractivity contribution in [3.05, 3.63) is 46.4 Å². The summed E-state index contributed by atoms with van der Waals surface area (Å²) in [6.45, 7) is 0. The number of methoxy groups -OCH3 is 4. The molecule has 0 radical (unpaired) electrons. The lowest BCUT2D eigenvalue weighted by atomic mass is 10.2. The topological polar surface area (TPSA) is 66.0 Å². The maximum Gasteiger partial charge on any atom is 0.248 e. The van der Waals surface area contributed by atoms with E-state index in [0.29, 0.717) is 28.7 Å². The van der Waals surface area contributed by atoms with Gasteiger partial charge in [0.25, 0.3) is 0 Å². The highest BCUT2D eigenvalue weighted by molar-refractivity contribution is 9.10. The molecule has 0 atom stereocenters. The number of amides is 1. The van der Waals surface area contributed by atoms with Crippen LogP contribution in [0.25, 0.3) is 6.08 Å². The number of nitrogens with one attached hydrogen (secondary N) is 1. The van der Waals surface area contributed by atoms with Gasteiger partial charge in [0.2, 0.25) is 5.91 Å². The number of anilines is 1. The van der Waals surface area contributed by atoms with Crippen LogP contribution in [0.4, 0.5) is 5.69 Å². The Morgan fingerprint density at radius 1 is 0.962 bits per heavy atom. The van der Waals surface area contributed by atoms with E-state index in [0.717, 1.165) is 10.0 Å². The van der Waals surface area contributed by atoms with E-state index in [-0.39, 0.29) is 5.91 Å². The van der Waals surface area contributed by atoms with Crippen LogP contribution in [0.1, 0.15) is 5.56 Å². The summed E-state index contributed by atoms with van der Waals surface area (Å²) in [5, 5.41) is 2.77. The first-order chi connectivity index (χ1) is 12.5. The molecule has 7 heteroatoms. The molecule has 0 aliphatic heterocycles. The van der Waals surface area contributed by atoms with Crippen LogP contribution in [-0.4, -0.2) is 34.3 Å². The van der Waals surface area contributed by atoms with Crippen molar-refractivity contribution in [1.82, 2.24) is 0 Å². The predicted octanol–water partition coefficient (Wildman–Crippen LogP) is 4.14. The molecule has 0 aliphatic rings. The van der Waals surface area contributed by atoms with Crippen LogP contribution in [0.15, 0.2) is 40.9 Å². The Balaban J connectivity index is 2.16. The number of benzene rings is 2. The van der Waals surface area contributed by atoms with Crippen LogP contribution in [0.2, 0.25) is 0 Å². The van der Waals surface area contributed by atoms with Gasteiger partial charge in [0.1, 0.15) is 11.5 Å². The molecule has 1 N–H and O–H groups in total. The van der Waals surface area contributed by atoms with E-state index in [1.54, 1.807) is 51.7 Å². The van der Waals surface area contributed by atoms with Crippen molar-refractivity contribution in [2.45, 2.75) is 0 Å². The number of carbonyl (C=O) groups excluding carboxylic acids is 1. The molecule has 0 bridgehead atoms. The number of halogens is 1. The maximum atomic E-state index is 12.2. The Morgan fingerprint density at radius 3 is 2.31 bits per heavy atom. The first kappa shape index (κ1) is 19.7. The largest absolute Gasteiger partial charge is 0.497 e. The highest BCUT2D eigenvalue weighted by Crippen LogP contribution is 2.36. The average molecular weight is 422 g/mol. The molecule has 2 aromatic carbocycles. The average Bonchev–Trinajstić information content (AvgIpc) is 2.66. The van der Waals surface area contributed by atoms with Gasteiger partial charge < -0.3 is 24.3 Å². The van der Waals surface area contributed by atoms with E-state index in [1.165, 1.54) is 13.2 Å². The summed E-state index contributed by atoms with van der Waals surface area (Å²) in [4.78, 5) is 12.2. The summed E-state index contributed by atoms with van der Waals surface area (Å²) >= 11 is 3.42. The van der Waals surface area contributed by atoms with Crippen LogP contribution in [0, 0.1) is 0 Å². The van der Waals surface area contributed by atoms with E-state index in [4.69, 9.17) is 18.9 Å². The first-order valence-electron chi connectivity index (χ1n) is 7.65. The standard InChI is InChI=1S/C19H20BrNO5/c1-23-13-6-7-15(16(11-13)24-2)21-18(22)8-5-12-9-14(20)19(26-4)17(10-12)25-3/h5-11H,1-4H3,(H,21,22). The fourth-order valence-electron chi connectivity index (χ4n) is 2.28. The van der Waals surface area contributed by atoms with Crippen molar-refractivity contribution < 1.29 is 23.7 Å². The monoisotopic (exact) mass is 421 g/mol. The Bertz CT molecular complexity index is 820. The second-order valence-corrected chi connectivity index (χ2v) is 5.98. The molecule has 6 nitrogen and oxygen atoms in total. The summed E-state index contributed by atoms with van der Waals surface area (Å²) in [5.74, 6) is 2.03. The molecule has 0 spiro atoms. The fourth-order valence-corrected chi connectivity index (χ4v) is 2.90. The molecule has 2 rings (SSSR count). The van der Waals surface area contributed by atoms with Gasteiger partial charge in [-0.2, -0.15) is 0 Å². The number of rotatable bonds is 7.